The molecular weight excluding hydrogens is 646 g/mol. The zero-order valence-electron chi connectivity index (χ0n) is 32.9. The summed E-state index contributed by atoms with van der Waals surface area (Å²) < 4.78 is 10.9. The number of ether oxygens (including phenoxy) is 2. The number of hydrogen-bond acceptors (Lipinski definition) is 8. The van der Waals surface area contributed by atoms with Crippen LogP contribution >= 0.6 is 0 Å². The molecule has 1 amide bonds. The zero-order chi connectivity index (χ0) is 37.4. The Morgan fingerprint density at radius 2 is 1.06 bits per heavy atom. The van der Waals surface area contributed by atoms with E-state index in [0.717, 1.165) is 19.3 Å². The molecule has 7 unspecified atom stereocenters. The van der Waals surface area contributed by atoms with Gasteiger partial charge in [0.2, 0.25) is 5.91 Å². The Labute approximate surface area is 312 Å². The van der Waals surface area contributed by atoms with Crippen molar-refractivity contribution in [3.63, 3.8) is 0 Å². The quantitative estimate of drug-likeness (QED) is 0.0283. The van der Waals surface area contributed by atoms with Crippen LogP contribution in [-0.4, -0.2) is 87.5 Å². The SMILES string of the molecule is CCCCCCCCCCCCCCCCCCCCCCCCCCCC/C=C/C(O)C(COC1OC(CO)C(O)C(O)C1O)NC(=O)CC. The number of amides is 1. The molecule has 0 aliphatic carbocycles. The summed E-state index contributed by atoms with van der Waals surface area (Å²) in [7, 11) is 0. The predicted octanol–water partition coefficient (Wildman–Crippen LogP) is 8.17. The van der Waals surface area contributed by atoms with Crippen LogP contribution in [0.25, 0.3) is 0 Å². The van der Waals surface area contributed by atoms with Crippen molar-refractivity contribution in [3.8, 4) is 0 Å². The topological polar surface area (TPSA) is 149 Å². The number of unbranched alkanes of at least 4 members (excludes halogenated alkanes) is 26. The van der Waals surface area contributed by atoms with Crippen molar-refractivity contribution >= 4 is 5.91 Å². The van der Waals surface area contributed by atoms with Crippen LogP contribution in [0.5, 0.6) is 0 Å². The van der Waals surface area contributed by atoms with Crippen molar-refractivity contribution in [1.29, 1.82) is 0 Å². The van der Waals surface area contributed by atoms with E-state index in [1.54, 1.807) is 13.0 Å². The summed E-state index contributed by atoms with van der Waals surface area (Å²) >= 11 is 0. The van der Waals surface area contributed by atoms with Gasteiger partial charge in [-0.2, -0.15) is 0 Å². The predicted molar refractivity (Wildman–Crippen MR) is 207 cm³/mol. The monoisotopic (exact) mass is 728 g/mol. The van der Waals surface area contributed by atoms with Gasteiger partial charge in [-0.25, -0.2) is 0 Å². The number of hydrogen-bond donors (Lipinski definition) is 6. The highest BCUT2D eigenvalue weighted by Gasteiger charge is 2.44. The average molecular weight is 728 g/mol. The maximum Gasteiger partial charge on any atom is 0.220 e. The molecule has 1 aliphatic rings. The van der Waals surface area contributed by atoms with Crippen molar-refractivity contribution in [2.24, 2.45) is 0 Å². The van der Waals surface area contributed by atoms with Gasteiger partial charge in [0.1, 0.15) is 24.4 Å². The van der Waals surface area contributed by atoms with Crippen LogP contribution in [0, 0.1) is 0 Å². The summed E-state index contributed by atoms with van der Waals surface area (Å²) in [4.78, 5) is 12.0. The molecule has 6 N–H and O–H groups in total. The van der Waals surface area contributed by atoms with E-state index in [0.29, 0.717) is 0 Å². The molecule has 7 atom stereocenters. The fraction of sp³-hybridized carbons (Fsp3) is 0.929. The number of carbonyl (C=O) groups excluding carboxylic acids is 1. The van der Waals surface area contributed by atoms with Crippen LogP contribution < -0.4 is 5.32 Å². The largest absolute Gasteiger partial charge is 0.394 e. The van der Waals surface area contributed by atoms with E-state index in [-0.39, 0.29) is 18.9 Å². The minimum absolute atomic E-state index is 0.195. The Kier molecular flexibility index (Phi) is 31.5. The van der Waals surface area contributed by atoms with Crippen molar-refractivity contribution in [2.75, 3.05) is 13.2 Å². The van der Waals surface area contributed by atoms with Crippen LogP contribution in [0.15, 0.2) is 12.2 Å². The van der Waals surface area contributed by atoms with Gasteiger partial charge in [0.05, 0.1) is 25.4 Å². The molecule has 0 bridgehead atoms. The van der Waals surface area contributed by atoms with E-state index in [4.69, 9.17) is 9.47 Å². The van der Waals surface area contributed by atoms with Crippen molar-refractivity contribution in [2.45, 2.75) is 236 Å². The van der Waals surface area contributed by atoms with Gasteiger partial charge in [-0.05, 0) is 12.8 Å². The lowest BCUT2D eigenvalue weighted by Gasteiger charge is -2.40. The number of allylic oxidation sites excluding steroid dienone is 1. The van der Waals surface area contributed by atoms with Gasteiger partial charge in [-0.1, -0.05) is 187 Å². The summed E-state index contributed by atoms with van der Waals surface area (Å²) in [5.41, 5.74) is 0. The number of rotatable bonds is 35. The van der Waals surface area contributed by atoms with Gasteiger partial charge < -0.3 is 40.3 Å². The molecule has 1 rings (SSSR count). The first kappa shape index (κ1) is 48.0. The number of aliphatic hydroxyl groups is 5. The van der Waals surface area contributed by atoms with Crippen LogP contribution in [0.3, 0.4) is 0 Å². The van der Waals surface area contributed by atoms with Crippen molar-refractivity contribution in [3.05, 3.63) is 12.2 Å². The molecule has 0 aromatic heterocycles. The highest BCUT2D eigenvalue weighted by molar-refractivity contribution is 5.75. The van der Waals surface area contributed by atoms with Crippen molar-refractivity contribution < 1.29 is 39.8 Å². The first-order valence-electron chi connectivity index (χ1n) is 21.4. The third-order valence-electron chi connectivity index (χ3n) is 10.4. The molecule has 0 aromatic carbocycles. The molecule has 1 fully saturated rings. The molecular formula is C42H81NO8. The highest BCUT2D eigenvalue weighted by Crippen LogP contribution is 2.22. The lowest BCUT2D eigenvalue weighted by molar-refractivity contribution is -0.302. The second-order valence-corrected chi connectivity index (χ2v) is 15.1. The first-order valence-corrected chi connectivity index (χ1v) is 21.4. The summed E-state index contributed by atoms with van der Waals surface area (Å²) in [6, 6.07) is -0.796. The van der Waals surface area contributed by atoms with Gasteiger partial charge in [-0.15, -0.1) is 0 Å². The molecule has 51 heavy (non-hydrogen) atoms. The average Bonchev–Trinajstić information content (AvgIpc) is 3.13. The van der Waals surface area contributed by atoms with E-state index in [1.807, 2.05) is 6.08 Å². The van der Waals surface area contributed by atoms with Crippen molar-refractivity contribution in [1.82, 2.24) is 5.32 Å². The Bertz CT molecular complexity index is 812. The van der Waals surface area contributed by atoms with Gasteiger partial charge >= 0.3 is 0 Å². The molecule has 1 aliphatic heterocycles. The lowest BCUT2D eigenvalue weighted by Crippen LogP contribution is -2.60. The van der Waals surface area contributed by atoms with E-state index >= 15 is 0 Å². The minimum atomic E-state index is -1.56. The highest BCUT2D eigenvalue weighted by atomic mass is 16.7. The maximum absolute atomic E-state index is 12.0. The van der Waals surface area contributed by atoms with E-state index in [1.165, 1.54) is 154 Å². The van der Waals surface area contributed by atoms with E-state index in [2.05, 4.69) is 12.2 Å². The molecule has 0 spiro atoms. The first-order chi connectivity index (χ1) is 24.8. The molecule has 0 saturated carbocycles. The number of aliphatic hydroxyl groups excluding tert-OH is 5. The van der Waals surface area contributed by atoms with Crippen LogP contribution in [0.2, 0.25) is 0 Å². The Balaban J connectivity index is 1.98. The second-order valence-electron chi connectivity index (χ2n) is 15.1. The van der Waals surface area contributed by atoms with Gasteiger partial charge in [0.15, 0.2) is 6.29 Å². The molecule has 9 nitrogen and oxygen atoms in total. The molecule has 1 saturated heterocycles. The molecule has 9 heteroatoms. The van der Waals surface area contributed by atoms with Crippen LogP contribution in [0.1, 0.15) is 194 Å². The minimum Gasteiger partial charge on any atom is -0.394 e. The summed E-state index contributed by atoms with van der Waals surface area (Å²) in [5, 5.41) is 53.0. The smallest absolute Gasteiger partial charge is 0.220 e. The van der Waals surface area contributed by atoms with E-state index in [9.17, 15) is 30.3 Å². The summed E-state index contributed by atoms with van der Waals surface area (Å²) in [6.45, 7) is 3.23. The summed E-state index contributed by atoms with van der Waals surface area (Å²) in [6.07, 6.45) is 32.4. The third-order valence-corrected chi connectivity index (χ3v) is 10.4. The van der Waals surface area contributed by atoms with E-state index < -0.39 is 49.5 Å². The second kappa shape index (κ2) is 33.5. The summed E-state index contributed by atoms with van der Waals surface area (Å²) in [5.74, 6) is -0.264. The van der Waals surface area contributed by atoms with Gasteiger partial charge in [-0.3, -0.25) is 4.79 Å². The third kappa shape index (κ3) is 24.8. The zero-order valence-corrected chi connectivity index (χ0v) is 32.9. The van der Waals surface area contributed by atoms with Gasteiger partial charge in [0.25, 0.3) is 0 Å². The number of carbonyl (C=O) groups is 1. The van der Waals surface area contributed by atoms with Crippen LogP contribution in [0.4, 0.5) is 0 Å². The maximum atomic E-state index is 12.0. The molecule has 302 valence electrons. The Morgan fingerprint density at radius 1 is 0.647 bits per heavy atom. The fourth-order valence-corrected chi connectivity index (χ4v) is 6.89. The Morgan fingerprint density at radius 3 is 1.45 bits per heavy atom. The molecule has 0 radical (unpaired) electrons. The molecule has 1 heterocycles. The molecule has 0 aromatic rings. The standard InChI is InChI=1S/C42H81NO8/c1-3-5-6-7-8-9-10-11-12-13-14-15-16-17-18-19-20-21-22-23-24-25-26-27-28-29-30-31-32-36(45)35(43-38(46)4-2)34-50-42-41(49)40(48)39(47)37(33-44)51-42/h31-32,35-37,39-42,44-45,47-49H,3-30,33-34H2,1-2H3,(H,43,46)/b32-31+. The Hall–Kier alpha value is -1.07. The fourth-order valence-electron chi connectivity index (χ4n) is 6.89. The van der Waals surface area contributed by atoms with Crippen LogP contribution in [-0.2, 0) is 14.3 Å². The number of nitrogens with one attached hydrogen (secondary N) is 1. The lowest BCUT2D eigenvalue weighted by atomic mass is 9.99. The normalized spacial score (nSPS) is 22.1. The van der Waals surface area contributed by atoms with Gasteiger partial charge in [0, 0.05) is 6.42 Å².